The van der Waals surface area contributed by atoms with E-state index in [-0.39, 0.29) is 11.3 Å². The number of carbonyl (C=O) groups is 1. The fourth-order valence-corrected chi connectivity index (χ4v) is 3.44. The number of pyridine rings is 1. The molecular formula is C23H17BrF3NO3. The Hall–Kier alpha value is -3.13. The van der Waals surface area contributed by atoms with Gasteiger partial charge in [-0.05, 0) is 57.8 Å². The average molecular weight is 492 g/mol. The van der Waals surface area contributed by atoms with Gasteiger partial charge in [0.15, 0.2) is 0 Å². The Kier molecular flexibility index (Phi) is 7.12. The van der Waals surface area contributed by atoms with Crippen molar-refractivity contribution in [3.63, 3.8) is 0 Å². The van der Waals surface area contributed by atoms with Crippen LogP contribution in [0, 0.1) is 0 Å². The Bertz CT molecular complexity index is 1150. The van der Waals surface area contributed by atoms with Gasteiger partial charge in [-0.3, -0.25) is 9.59 Å². The lowest BCUT2D eigenvalue weighted by Gasteiger charge is -2.12. The SMILES string of the molecule is O=Cc1ccc(CCn2c(/C=C\c3cccc(OC(F)(F)F)c3)c(Br)ccc2=O)cc1. The third-order valence-electron chi connectivity index (χ3n) is 4.44. The molecule has 0 saturated carbocycles. The van der Waals surface area contributed by atoms with Crippen LogP contribution in [0.2, 0.25) is 0 Å². The Morgan fingerprint density at radius 1 is 0.968 bits per heavy atom. The lowest BCUT2D eigenvalue weighted by atomic mass is 10.1. The molecule has 160 valence electrons. The van der Waals surface area contributed by atoms with Crippen LogP contribution in [0.25, 0.3) is 12.2 Å². The first-order valence-electron chi connectivity index (χ1n) is 9.22. The summed E-state index contributed by atoms with van der Waals surface area (Å²) >= 11 is 3.43. The van der Waals surface area contributed by atoms with Crippen molar-refractivity contribution >= 4 is 34.4 Å². The molecule has 0 amide bonds. The molecule has 8 heteroatoms. The standard InChI is InChI=1S/C23H17BrF3NO3/c24-20-9-11-22(30)28(13-12-16-4-6-18(15-29)7-5-16)21(20)10-8-17-2-1-3-19(14-17)31-23(25,26)27/h1-11,14-15H,12-13H2/b10-8-. The van der Waals surface area contributed by atoms with Gasteiger partial charge >= 0.3 is 6.36 Å². The van der Waals surface area contributed by atoms with Gasteiger partial charge in [0.2, 0.25) is 0 Å². The largest absolute Gasteiger partial charge is 0.573 e. The second-order valence-electron chi connectivity index (χ2n) is 6.62. The molecule has 0 bridgehead atoms. The maximum absolute atomic E-state index is 12.5. The highest BCUT2D eigenvalue weighted by Gasteiger charge is 2.31. The first-order chi connectivity index (χ1) is 14.7. The highest BCUT2D eigenvalue weighted by molar-refractivity contribution is 9.10. The van der Waals surface area contributed by atoms with Crippen LogP contribution in [0.15, 0.2) is 69.9 Å². The second-order valence-corrected chi connectivity index (χ2v) is 7.47. The number of nitrogens with zero attached hydrogens (tertiary/aromatic N) is 1. The van der Waals surface area contributed by atoms with Crippen molar-refractivity contribution < 1.29 is 22.7 Å². The summed E-state index contributed by atoms with van der Waals surface area (Å²) < 4.78 is 43.5. The van der Waals surface area contributed by atoms with E-state index >= 15 is 0 Å². The van der Waals surface area contributed by atoms with Crippen LogP contribution < -0.4 is 10.3 Å². The van der Waals surface area contributed by atoms with Gasteiger partial charge in [-0.25, -0.2) is 0 Å². The number of aldehydes is 1. The Morgan fingerprint density at radius 2 is 1.71 bits per heavy atom. The number of ether oxygens (including phenoxy) is 1. The molecule has 0 saturated heterocycles. The third-order valence-corrected chi connectivity index (χ3v) is 5.11. The number of hydrogen-bond donors (Lipinski definition) is 0. The molecule has 31 heavy (non-hydrogen) atoms. The smallest absolute Gasteiger partial charge is 0.406 e. The van der Waals surface area contributed by atoms with Gasteiger partial charge < -0.3 is 9.30 Å². The van der Waals surface area contributed by atoms with Gasteiger partial charge in [0.25, 0.3) is 5.56 Å². The Labute approximate surface area is 184 Å². The van der Waals surface area contributed by atoms with Crippen LogP contribution in [-0.2, 0) is 13.0 Å². The molecule has 0 spiro atoms. The normalized spacial score (nSPS) is 11.6. The van der Waals surface area contributed by atoms with Crippen molar-refractivity contribution in [3.05, 3.63) is 97.9 Å². The zero-order chi connectivity index (χ0) is 22.4. The zero-order valence-corrected chi connectivity index (χ0v) is 17.7. The summed E-state index contributed by atoms with van der Waals surface area (Å²) in [6.45, 7) is 0.385. The maximum atomic E-state index is 12.5. The lowest BCUT2D eigenvalue weighted by molar-refractivity contribution is -0.274. The van der Waals surface area contributed by atoms with E-state index < -0.39 is 6.36 Å². The van der Waals surface area contributed by atoms with E-state index in [9.17, 15) is 22.8 Å². The van der Waals surface area contributed by atoms with Crippen LogP contribution in [0.5, 0.6) is 5.75 Å². The lowest BCUT2D eigenvalue weighted by Crippen LogP contribution is -2.22. The van der Waals surface area contributed by atoms with Gasteiger partial charge in [-0.15, -0.1) is 13.2 Å². The van der Waals surface area contributed by atoms with Crippen LogP contribution in [0.3, 0.4) is 0 Å². The summed E-state index contributed by atoms with van der Waals surface area (Å²) in [5, 5.41) is 0. The summed E-state index contributed by atoms with van der Waals surface area (Å²) in [5.41, 5.74) is 2.40. The molecule has 0 N–H and O–H groups in total. The summed E-state index contributed by atoms with van der Waals surface area (Å²) in [6, 6.07) is 15.7. The molecule has 3 rings (SSSR count). The molecule has 3 aromatic rings. The number of halogens is 4. The quantitative estimate of drug-likeness (QED) is 0.396. The van der Waals surface area contributed by atoms with Crippen LogP contribution >= 0.6 is 15.9 Å². The number of benzene rings is 2. The van der Waals surface area contributed by atoms with E-state index in [1.807, 2.05) is 12.1 Å². The summed E-state index contributed by atoms with van der Waals surface area (Å²) in [4.78, 5) is 23.2. The van der Waals surface area contributed by atoms with Gasteiger partial charge in [0.05, 0.1) is 5.69 Å². The fraction of sp³-hybridized carbons (Fsp3) is 0.130. The molecule has 0 fully saturated rings. The van der Waals surface area contributed by atoms with E-state index in [0.717, 1.165) is 11.8 Å². The molecule has 0 aliphatic carbocycles. The minimum absolute atomic E-state index is 0.207. The summed E-state index contributed by atoms with van der Waals surface area (Å²) in [6.07, 6.45) is -0.174. The molecule has 0 aliphatic rings. The van der Waals surface area contributed by atoms with E-state index in [0.29, 0.717) is 34.3 Å². The first-order valence-corrected chi connectivity index (χ1v) is 10.0. The van der Waals surface area contributed by atoms with Crippen LogP contribution in [0.4, 0.5) is 13.2 Å². The first kappa shape index (κ1) is 22.6. The Morgan fingerprint density at radius 3 is 2.39 bits per heavy atom. The molecule has 0 unspecified atom stereocenters. The molecule has 2 aromatic carbocycles. The van der Waals surface area contributed by atoms with E-state index in [1.54, 1.807) is 41.0 Å². The molecule has 0 atom stereocenters. The predicted molar refractivity (Wildman–Crippen MR) is 116 cm³/mol. The average Bonchev–Trinajstić information content (AvgIpc) is 2.73. The minimum Gasteiger partial charge on any atom is -0.406 e. The van der Waals surface area contributed by atoms with E-state index in [1.165, 1.54) is 24.3 Å². The number of aryl methyl sites for hydroxylation is 1. The van der Waals surface area contributed by atoms with Gasteiger partial charge in [-0.2, -0.15) is 0 Å². The van der Waals surface area contributed by atoms with Crippen molar-refractivity contribution in [2.75, 3.05) is 0 Å². The number of alkyl halides is 3. The second kappa shape index (κ2) is 9.78. The molecule has 1 aromatic heterocycles. The number of hydrogen-bond acceptors (Lipinski definition) is 3. The maximum Gasteiger partial charge on any atom is 0.573 e. The van der Waals surface area contributed by atoms with Crippen LogP contribution in [0.1, 0.15) is 27.2 Å². The molecule has 0 aliphatic heterocycles. The number of rotatable bonds is 7. The summed E-state index contributed by atoms with van der Waals surface area (Å²) in [5.74, 6) is -0.321. The number of carbonyl (C=O) groups excluding carboxylic acids is 1. The van der Waals surface area contributed by atoms with Gasteiger partial charge in [0, 0.05) is 22.6 Å². The van der Waals surface area contributed by atoms with E-state index in [4.69, 9.17) is 0 Å². The van der Waals surface area contributed by atoms with Crippen molar-refractivity contribution in [2.45, 2.75) is 19.3 Å². The highest BCUT2D eigenvalue weighted by Crippen LogP contribution is 2.24. The molecule has 4 nitrogen and oxygen atoms in total. The topological polar surface area (TPSA) is 48.3 Å². The predicted octanol–water partition coefficient (Wildman–Crippen LogP) is 5.74. The van der Waals surface area contributed by atoms with Crippen molar-refractivity contribution in [2.24, 2.45) is 0 Å². The number of aromatic nitrogens is 1. The molecule has 1 heterocycles. The van der Waals surface area contributed by atoms with Crippen molar-refractivity contribution in [1.82, 2.24) is 4.57 Å². The third kappa shape index (κ3) is 6.42. The molecular weight excluding hydrogens is 475 g/mol. The van der Waals surface area contributed by atoms with Crippen molar-refractivity contribution in [3.8, 4) is 5.75 Å². The van der Waals surface area contributed by atoms with Crippen LogP contribution in [-0.4, -0.2) is 17.2 Å². The fourth-order valence-electron chi connectivity index (χ4n) is 2.96. The van der Waals surface area contributed by atoms with Gasteiger partial charge in [0.1, 0.15) is 12.0 Å². The Balaban J connectivity index is 1.84. The van der Waals surface area contributed by atoms with E-state index in [2.05, 4.69) is 20.7 Å². The zero-order valence-electron chi connectivity index (χ0n) is 16.1. The highest BCUT2D eigenvalue weighted by atomic mass is 79.9. The van der Waals surface area contributed by atoms with Gasteiger partial charge in [-0.1, -0.05) is 42.5 Å². The summed E-state index contributed by atoms with van der Waals surface area (Å²) in [7, 11) is 0. The monoisotopic (exact) mass is 491 g/mol. The van der Waals surface area contributed by atoms with Crippen molar-refractivity contribution in [1.29, 1.82) is 0 Å². The minimum atomic E-state index is -4.77. The molecule has 0 radical (unpaired) electrons.